The van der Waals surface area contributed by atoms with Crippen LogP contribution in [0.4, 0.5) is 0 Å². The molecule has 0 aromatic carbocycles. The Balaban J connectivity index is 2.23. The predicted octanol–water partition coefficient (Wildman–Crippen LogP) is 2.47. The lowest BCUT2D eigenvalue weighted by atomic mass is 10.0. The molecule has 0 bridgehead atoms. The van der Waals surface area contributed by atoms with Crippen LogP contribution in [0.2, 0.25) is 0 Å². The van der Waals surface area contributed by atoms with Crippen LogP contribution < -0.4 is 10.1 Å². The standard InChI is InChI=1S/C13H20N2O/c1-12(2,3)15-13(6-7-13)11-9-10(16-4)5-8-14-11/h5,8-9,15H,6-7H2,1-4H3. The molecule has 1 heterocycles. The Bertz CT molecular complexity index is 378. The van der Waals surface area contributed by atoms with Gasteiger partial charge in [-0.2, -0.15) is 0 Å². The number of hydrogen-bond acceptors (Lipinski definition) is 3. The first kappa shape index (κ1) is 11.4. The van der Waals surface area contributed by atoms with Gasteiger partial charge in [-0.05, 0) is 39.7 Å². The normalized spacial score (nSPS) is 18.2. The summed E-state index contributed by atoms with van der Waals surface area (Å²) in [6.07, 6.45) is 4.13. The lowest BCUT2D eigenvalue weighted by Gasteiger charge is -2.28. The molecule has 0 atom stereocenters. The highest BCUT2D eigenvalue weighted by molar-refractivity contribution is 5.31. The van der Waals surface area contributed by atoms with Crippen molar-refractivity contribution in [2.24, 2.45) is 0 Å². The molecule has 0 radical (unpaired) electrons. The van der Waals surface area contributed by atoms with Crippen LogP contribution >= 0.6 is 0 Å². The van der Waals surface area contributed by atoms with Crippen LogP contribution in [0, 0.1) is 0 Å². The molecule has 0 spiro atoms. The van der Waals surface area contributed by atoms with E-state index in [4.69, 9.17) is 4.74 Å². The molecule has 16 heavy (non-hydrogen) atoms. The molecular formula is C13H20N2O. The Morgan fingerprint density at radius 2 is 2.06 bits per heavy atom. The van der Waals surface area contributed by atoms with Crippen LogP contribution in [-0.2, 0) is 5.54 Å². The first-order valence-corrected chi connectivity index (χ1v) is 5.75. The highest BCUT2D eigenvalue weighted by Crippen LogP contribution is 2.46. The van der Waals surface area contributed by atoms with E-state index in [1.807, 2.05) is 18.3 Å². The summed E-state index contributed by atoms with van der Waals surface area (Å²) in [5.41, 5.74) is 1.29. The van der Waals surface area contributed by atoms with Crippen molar-refractivity contribution < 1.29 is 4.74 Å². The topological polar surface area (TPSA) is 34.1 Å². The van der Waals surface area contributed by atoms with E-state index in [-0.39, 0.29) is 11.1 Å². The fourth-order valence-corrected chi connectivity index (χ4v) is 2.09. The fraction of sp³-hybridized carbons (Fsp3) is 0.615. The van der Waals surface area contributed by atoms with Crippen molar-refractivity contribution in [3.05, 3.63) is 24.0 Å². The van der Waals surface area contributed by atoms with Crippen molar-refractivity contribution in [1.29, 1.82) is 0 Å². The monoisotopic (exact) mass is 220 g/mol. The SMILES string of the molecule is COc1ccnc(C2(NC(C)(C)C)CC2)c1. The quantitative estimate of drug-likeness (QED) is 0.849. The Labute approximate surface area is 97.2 Å². The molecule has 1 N–H and O–H groups in total. The van der Waals surface area contributed by atoms with E-state index >= 15 is 0 Å². The number of pyridine rings is 1. The van der Waals surface area contributed by atoms with E-state index in [1.54, 1.807) is 7.11 Å². The van der Waals surface area contributed by atoms with Crippen LogP contribution in [0.25, 0.3) is 0 Å². The number of nitrogens with one attached hydrogen (secondary N) is 1. The van der Waals surface area contributed by atoms with Gasteiger partial charge in [-0.15, -0.1) is 0 Å². The highest BCUT2D eigenvalue weighted by atomic mass is 16.5. The maximum Gasteiger partial charge on any atom is 0.122 e. The second-order valence-electron chi connectivity index (χ2n) is 5.54. The lowest BCUT2D eigenvalue weighted by Crippen LogP contribution is -2.44. The van der Waals surface area contributed by atoms with Crippen molar-refractivity contribution in [2.75, 3.05) is 7.11 Å². The van der Waals surface area contributed by atoms with Gasteiger partial charge in [0, 0.05) is 17.8 Å². The van der Waals surface area contributed by atoms with Crippen molar-refractivity contribution in [3.8, 4) is 5.75 Å². The maximum absolute atomic E-state index is 5.24. The Morgan fingerprint density at radius 3 is 2.56 bits per heavy atom. The zero-order chi connectivity index (χ0) is 11.8. The van der Waals surface area contributed by atoms with E-state index in [0.29, 0.717) is 0 Å². The number of methoxy groups -OCH3 is 1. The average Bonchev–Trinajstić information content (AvgIpc) is 2.96. The van der Waals surface area contributed by atoms with Crippen molar-refractivity contribution >= 4 is 0 Å². The van der Waals surface area contributed by atoms with Crippen LogP contribution in [0.5, 0.6) is 5.75 Å². The summed E-state index contributed by atoms with van der Waals surface area (Å²) in [4.78, 5) is 4.46. The first-order valence-electron chi connectivity index (χ1n) is 5.75. The lowest BCUT2D eigenvalue weighted by molar-refractivity contribution is 0.342. The van der Waals surface area contributed by atoms with Gasteiger partial charge in [0.2, 0.25) is 0 Å². The van der Waals surface area contributed by atoms with Crippen LogP contribution in [0.1, 0.15) is 39.3 Å². The number of ether oxygens (including phenoxy) is 1. The summed E-state index contributed by atoms with van der Waals surface area (Å²) >= 11 is 0. The smallest absolute Gasteiger partial charge is 0.122 e. The molecule has 1 aromatic rings. The summed E-state index contributed by atoms with van der Waals surface area (Å²) in [7, 11) is 1.69. The second kappa shape index (κ2) is 3.74. The summed E-state index contributed by atoms with van der Waals surface area (Å²) in [6.45, 7) is 6.56. The molecule has 1 saturated carbocycles. The van der Waals surface area contributed by atoms with Crippen LogP contribution in [0.3, 0.4) is 0 Å². The Morgan fingerprint density at radius 1 is 1.38 bits per heavy atom. The van der Waals surface area contributed by atoms with Crippen LogP contribution in [0.15, 0.2) is 18.3 Å². The average molecular weight is 220 g/mol. The minimum absolute atomic E-state index is 0.0762. The minimum atomic E-state index is 0.0762. The molecule has 0 saturated heterocycles. The molecule has 1 aliphatic rings. The van der Waals surface area contributed by atoms with Gasteiger partial charge in [-0.1, -0.05) is 0 Å². The van der Waals surface area contributed by atoms with Gasteiger partial charge in [0.25, 0.3) is 0 Å². The summed E-state index contributed by atoms with van der Waals surface area (Å²) in [5.74, 6) is 0.881. The molecule has 88 valence electrons. The second-order valence-corrected chi connectivity index (χ2v) is 5.54. The molecule has 0 amide bonds. The summed E-state index contributed by atoms with van der Waals surface area (Å²) < 4.78 is 5.24. The van der Waals surface area contributed by atoms with Crippen LogP contribution in [-0.4, -0.2) is 17.6 Å². The molecule has 0 unspecified atom stereocenters. The summed E-state index contributed by atoms with van der Waals surface area (Å²) in [6, 6.07) is 3.92. The van der Waals surface area contributed by atoms with Gasteiger partial charge in [0.1, 0.15) is 5.75 Å². The molecular weight excluding hydrogens is 200 g/mol. The first-order chi connectivity index (χ1) is 7.45. The third kappa shape index (κ3) is 2.35. The maximum atomic E-state index is 5.24. The fourth-order valence-electron chi connectivity index (χ4n) is 2.09. The van der Waals surface area contributed by atoms with Gasteiger partial charge in [0.15, 0.2) is 0 Å². The molecule has 3 nitrogen and oxygen atoms in total. The van der Waals surface area contributed by atoms with Crippen molar-refractivity contribution in [1.82, 2.24) is 10.3 Å². The number of hydrogen-bond donors (Lipinski definition) is 1. The third-order valence-corrected chi connectivity index (χ3v) is 2.82. The predicted molar refractivity (Wildman–Crippen MR) is 64.6 cm³/mol. The molecule has 2 rings (SSSR count). The van der Waals surface area contributed by atoms with Crippen molar-refractivity contribution in [2.45, 2.75) is 44.7 Å². The Hall–Kier alpha value is -1.09. The molecule has 1 aliphatic carbocycles. The van der Waals surface area contributed by atoms with Gasteiger partial charge < -0.3 is 10.1 Å². The van der Waals surface area contributed by atoms with Gasteiger partial charge in [-0.25, -0.2) is 0 Å². The molecule has 1 fully saturated rings. The van der Waals surface area contributed by atoms with Gasteiger partial charge >= 0.3 is 0 Å². The van der Waals surface area contributed by atoms with E-state index < -0.39 is 0 Å². The number of nitrogens with zero attached hydrogens (tertiary/aromatic N) is 1. The highest BCUT2D eigenvalue weighted by Gasteiger charge is 2.47. The molecule has 0 aliphatic heterocycles. The molecule has 3 heteroatoms. The largest absolute Gasteiger partial charge is 0.497 e. The van der Waals surface area contributed by atoms with Gasteiger partial charge in [-0.3, -0.25) is 4.98 Å². The zero-order valence-corrected chi connectivity index (χ0v) is 10.5. The zero-order valence-electron chi connectivity index (χ0n) is 10.5. The number of rotatable bonds is 3. The van der Waals surface area contributed by atoms with Crippen molar-refractivity contribution in [3.63, 3.8) is 0 Å². The van der Waals surface area contributed by atoms with E-state index in [1.165, 1.54) is 0 Å². The third-order valence-electron chi connectivity index (χ3n) is 2.82. The van der Waals surface area contributed by atoms with E-state index in [0.717, 1.165) is 24.3 Å². The van der Waals surface area contributed by atoms with E-state index in [2.05, 4.69) is 31.1 Å². The Kier molecular flexibility index (Phi) is 2.66. The van der Waals surface area contributed by atoms with E-state index in [9.17, 15) is 0 Å². The summed E-state index contributed by atoms with van der Waals surface area (Å²) in [5, 5.41) is 3.66. The number of aromatic nitrogens is 1. The minimum Gasteiger partial charge on any atom is -0.497 e. The van der Waals surface area contributed by atoms with Gasteiger partial charge in [0.05, 0.1) is 18.3 Å². The molecule has 1 aromatic heterocycles.